The van der Waals surface area contributed by atoms with E-state index in [0.717, 1.165) is 42.2 Å². The molecule has 2 aromatic carbocycles. The zero-order valence-electron chi connectivity index (χ0n) is 18.6. The zero-order valence-corrected chi connectivity index (χ0v) is 19.5. The Morgan fingerprint density at radius 1 is 1.03 bits per heavy atom. The van der Waals surface area contributed by atoms with Gasteiger partial charge in [-0.3, -0.25) is 4.79 Å². The number of nitrogens with zero attached hydrogens (tertiary/aromatic N) is 1. The molecule has 0 saturated carbocycles. The molecule has 1 fully saturated rings. The Balaban J connectivity index is 1.44. The van der Waals surface area contributed by atoms with E-state index in [2.05, 4.69) is 25.2 Å². The van der Waals surface area contributed by atoms with E-state index < -0.39 is 10.0 Å². The number of benzene rings is 2. The van der Waals surface area contributed by atoms with Gasteiger partial charge in [-0.05, 0) is 60.7 Å². The topological polar surface area (TPSA) is 79.6 Å². The first-order valence-corrected chi connectivity index (χ1v) is 12.7. The minimum Gasteiger partial charge on any atom is -0.464 e. The van der Waals surface area contributed by atoms with Crippen LogP contribution in [-0.2, 0) is 21.2 Å². The number of rotatable bonds is 6. The number of sulfonamides is 1. The number of anilines is 1. The van der Waals surface area contributed by atoms with Gasteiger partial charge in [-0.15, -0.1) is 0 Å². The summed E-state index contributed by atoms with van der Waals surface area (Å²) in [4.78, 5) is 12.9. The van der Waals surface area contributed by atoms with Gasteiger partial charge in [0.25, 0.3) is 0 Å². The number of furan rings is 1. The van der Waals surface area contributed by atoms with Gasteiger partial charge in [0, 0.05) is 29.7 Å². The van der Waals surface area contributed by atoms with Crippen molar-refractivity contribution >= 4 is 32.6 Å². The predicted molar refractivity (Wildman–Crippen MR) is 126 cm³/mol. The monoisotopic (exact) mass is 454 g/mol. The van der Waals surface area contributed by atoms with E-state index in [-0.39, 0.29) is 17.2 Å². The summed E-state index contributed by atoms with van der Waals surface area (Å²) in [7, 11) is -3.50. The molecule has 1 saturated heterocycles. The molecule has 0 unspecified atom stereocenters. The Kier molecular flexibility index (Phi) is 6.67. The molecule has 0 radical (unpaired) electrons. The van der Waals surface area contributed by atoms with E-state index in [1.165, 1.54) is 5.56 Å². The van der Waals surface area contributed by atoms with Crippen molar-refractivity contribution in [1.29, 1.82) is 0 Å². The van der Waals surface area contributed by atoms with E-state index in [4.69, 9.17) is 4.42 Å². The first kappa shape index (κ1) is 22.6. The van der Waals surface area contributed by atoms with Crippen molar-refractivity contribution in [2.24, 2.45) is 0 Å². The number of nitrogens with one attached hydrogen (secondary N) is 1. The number of hydrogen-bond donors (Lipinski definition) is 1. The van der Waals surface area contributed by atoms with Crippen LogP contribution in [0.15, 0.2) is 58.0 Å². The average molecular weight is 455 g/mol. The van der Waals surface area contributed by atoms with Gasteiger partial charge in [-0.2, -0.15) is 4.31 Å². The third-order valence-electron chi connectivity index (χ3n) is 6.04. The van der Waals surface area contributed by atoms with Gasteiger partial charge < -0.3 is 9.73 Å². The normalized spacial score (nSPS) is 15.7. The Hall–Kier alpha value is -2.64. The fraction of sp³-hybridized carbons (Fsp3) is 0.400. The molecule has 170 valence electrons. The Bertz CT molecular complexity index is 1190. The largest absolute Gasteiger partial charge is 0.464 e. The summed E-state index contributed by atoms with van der Waals surface area (Å²) in [5.74, 6) is 0.214. The molecular formula is C25H30N2O4S. The lowest BCUT2D eigenvalue weighted by Gasteiger charge is -2.20. The van der Waals surface area contributed by atoms with Crippen molar-refractivity contribution in [1.82, 2.24) is 4.31 Å². The predicted octanol–water partition coefficient (Wildman–Crippen LogP) is 5.30. The Labute approximate surface area is 189 Å². The fourth-order valence-electron chi connectivity index (χ4n) is 4.11. The quantitative estimate of drug-likeness (QED) is 0.548. The average Bonchev–Trinajstić information content (AvgIpc) is 2.97. The maximum atomic E-state index is 12.9. The first-order valence-electron chi connectivity index (χ1n) is 11.2. The molecule has 1 amide bonds. The molecule has 1 aliphatic rings. The van der Waals surface area contributed by atoms with Crippen molar-refractivity contribution < 1.29 is 17.6 Å². The third-order valence-corrected chi connectivity index (χ3v) is 7.95. The summed E-state index contributed by atoms with van der Waals surface area (Å²) >= 11 is 0. The molecule has 0 atom stereocenters. The number of amides is 1. The lowest BCUT2D eigenvalue weighted by molar-refractivity contribution is -0.115. The molecule has 0 spiro atoms. The summed E-state index contributed by atoms with van der Waals surface area (Å²) < 4.78 is 33.0. The van der Waals surface area contributed by atoms with Crippen LogP contribution in [-0.4, -0.2) is 31.7 Å². The SMILES string of the molecule is CC(C)c1ccc2occ(CC(=O)Nc3ccc(S(=O)(=O)N4CCCCCC4)cc3)c2c1. The second-order valence-electron chi connectivity index (χ2n) is 8.74. The third kappa shape index (κ3) is 4.89. The van der Waals surface area contributed by atoms with Gasteiger partial charge in [0.15, 0.2) is 0 Å². The van der Waals surface area contributed by atoms with E-state index in [0.29, 0.717) is 24.7 Å². The number of fused-ring (bicyclic) bond motifs is 1. The highest BCUT2D eigenvalue weighted by Gasteiger charge is 2.25. The molecule has 2 heterocycles. The molecule has 0 bridgehead atoms. The zero-order chi connectivity index (χ0) is 22.7. The van der Waals surface area contributed by atoms with Crippen LogP contribution in [0.3, 0.4) is 0 Å². The minimum absolute atomic E-state index is 0.175. The van der Waals surface area contributed by atoms with Crippen molar-refractivity contribution in [2.45, 2.75) is 56.8 Å². The van der Waals surface area contributed by atoms with Gasteiger partial charge in [-0.1, -0.05) is 32.8 Å². The summed E-state index contributed by atoms with van der Waals surface area (Å²) in [6.45, 7) is 5.39. The van der Waals surface area contributed by atoms with Crippen molar-refractivity contribution in [3.05, 3.63) is 59.9 Å². The van der Waals surface area contributed by atoms with Gasteiger partial charge in [0.1, 0.15) is 5.58 Å². The molecule has 1 aliphatic heterocycles. The summed E-state index contributed by atoms with van der Waals surface area (Å²) in [6, 6.07) is 12.5. The van der Waals surface area contributed by atoms with Crippen LogP contribution in [0.4, 0.5) is 5.69 Å². The first-order chi connectivity index (χ1) is 15.3. The maximum absolute atomic E-state index is 12.9. The smallest absolute Gasteiger partial charge is 0.243 e. The van der Waals surface area contributed by atoms with E-state index in [1.54, 1.807) is 34.8 Å². The number of hydrogen-bond acceptors (Lipinski definition) is 4. The fourth-order valence-corrected chi connectivity index (χ4v) is 5.63. The molecule has 0 aliphatic carbocycles. The van der Waals surface area contributed by atoms with E-state index in [1.807, 2.05) is 12.1 Å². The summed E-state index contributed by atoms with van der Waals surface area (Å²) in [6.07, 6.45) is 5.75. The van der Waals surface area contributed by atoms with E-state index >= 15 is 0 Å². The Morgan fingerprint density at radius 3 is 2.38 bits per heavy atom. The van der Waals surface area contributed by atoms with Crippen LogP contribution in [0.5, 0.6) is 0 Å². The van der Waals surface area contributed by atoms with Gasteiger partial charge in [-0.25, -0.2) is 8.42 Å². The summed E-state index contributed by atoms with van der Waals surface area (Å²) in [5, 5.41) is 3.81. The van der Waals surface area contributed by atoms with Crippen molar-refractivity contribution in [3.63, 3.8) is 0 Å². The standard InChI is InChI=1S/C25H30N2O4S/c1-18(2)19-7-12-24-23(15-19)20(17-31-24)16-25(28)26-21-8-10-22(11-9-21)32(29,30)27-13-5-3-4-6-14-27/h7-12,15,17-18H,3-6,13-14,16H2,1-2H3,(H,26,28). The van der Waals surface area contributed by atoms with Gasteiger partial charge in [0.05, 0.1) is 17.6 Å². The highest BCUT2D eigenvalue weighted by molar-refractivity contribution is 7.89. The highest BCUT2D eigenvalue weighted by Crippen LogP contribution is 2.27. The van der Waals surface area contributed by atoms with Crippen molar-refractivity contribution in [3.8, 4) is 0 Å². The van der Waals surface area contributed by atoms with Crippen LogP contribution >= 0.6 is 0 Å². The molecule has 3 aromatic rings. The lowest BCUT2D eigenvalue weighted by Crippen LogP contribution is -2.31. The molecular weight excluding hydrogens is 424 g/mol. The van der Waals surface area contributed by atoms with Crippen molar-refractivity contribution in [2.75, 3.05) is 18.4 Å². The summed E-state index contributed by atoms with van der Waals surface area (Å²) in [5.41, 5.74) is 3.36. The Morgan fingerprint density at radius 2 is 1.72 bits per heavy atom. The molecule has 1 aromatic heterocycles. The van der Waals surface area contributed by atoms with Gasteiger partial charge >= 0.3 is 0 Å². The number of carbonyl (C=O) groups excluding carboxylic acids is 1. The maximum Gasteiger partial charge on any atom is 0.243 e. The van der Waals surface area contributed by atoms with Crippen LogP contribution < -0.4 is 5.32 Å². The van der Waals surface area contributed by atoms with E-state index in [9.17, 15) is 13.2 Å². The van der Waals surface area contributed by atoms with Crippen LogP contribution in [0, 0.1) is 0 Å². The molecule has 32 heavy (non-hydrogen) atoms. The highest BCUT2D eigenvalue weighted by atomic mass is 32.2. The second-order valence-corrected chi connectivity index (χ2v) is 10.7. The van der Waals surface area contributed by atoms with Crippen LogP contribution in [0.2, 0.25) is 0 Å². The minimum atomic E-state index is -3.50. The van der Waals surface area contributed by atoms with Crippen LogP contribution in [0.1, 0.15) is 56.6 Å². The molecule has 6 nitrogen and oxygen atoms in total. The van der Waals surface area contributed by atoms with Gasteiger partial charge in [0.2, 0.25) is 15.9 Å². The molecule has 7 heteroatoms. The second kappa shape index (κ2) is 9.46. The number of carbonyl (C=O) groups is 1. The molecule has 4 rings (SSSR count). The van der Waals surface area contributed by atoms with Crippen LogP contribution in [0.25, 0.3) is 11.0 Å². The lowest BCUT2D eigenvalue weighted by atomic mass is 10.00. The molecule has 1 N–H and O–H groups in total.